The highest BCUT2D eigenvalue weighted by atomic mass is 79.9. The quantitative estimate of drug-likeness (QED) is 0.619. The zero-order valence-electron chi connectivity index (χ0n) is 13.5. The molecule has 5 nitrogen and oxygen atoms in total. The minimum absolute atomic E-state index is 0.0139. The first-order valence-electron chi connectivity index (χ1n) is 7.94. The van der Waals surface area contributed by atoms with Gasteiger partial charge in [0.15, 0.2) is 12.0 Å². The fraction of sp³-hybridized carbons (Fsp3) is 0.529. The van der Waals surface area contributed by atoms with E-state index in [0.717, 1.165) is 25.9 Å². The first kappa shape index (κ1) is 17.9. The summed E-state index contributed by atoms with van der Waals surface area (Å²) < 4.78 is 6.03. The van der Waals surface area contributed by atoms with Gasteiger partial charge in [0.05, 0.1) is 5.56 Å². The minimum Gasteiger partial charge on any atom is -0.506 e. The fourth-order valence-electron chi connectivity index (χ4n) is 2.73. The Hall–Kier alpha value is -1.40. The number of likely N-dealkylation sites (tertiary alicyclic amines) is 1. The molecule has 1 aromatic carbocycles. The van der Waals surface area contributed by atoms with Gasteiger partial charge in [0.2, 0.25) is 0 Å². The van der Waals surface area contributed by atoms with Crippen LogP contribution in [0.1, 0.15) is 60.2 Å². The molecule has 0 saturated carbocycles. The lowest BCUT2D eigenvalue weighted by Crippen LogP contribution is -2.40. The highest BCUT2D eigenvalue weighted by Gasteiger charge is 2.24. The number of piperidine rings is 1. The molecule has 126 valence electrons. The number of Topliss-reactive ketones (excluding diaryl/α,β-unsaturated/α-hetero) is 1. The predicted molar refractivity (Wildman–Crippen MR) is 90.7 cm³/mol. The zero-order valence-corrected chi connectivity index (χ0v) is 15.1. The highest BCUT2D eigenvalue weighted by molar-refractivity contribution is 9.10. The Morgan fingerprint density at radius 3 is 2.48 bits per heavy atom. The summed E-state index contributed by atoms with van der Waals surface area (Å²) in [5.74, 6) is -1.15. The number of esters is 1. The molecular formula is C17H22BrNO4. The summed E-state index contributed by atoms with van der Waals surface area (Å²) in [7, 11) is 0. The molecule has 0 radical (unpaired) electrons. The number of ketones is 1. The third kappa shape index (κ3) is 4.32. The topological polar surface area (TPSA) is 66.8 Å². The summed E-state index contributed by atoms with van der Waals surface area (Å²) in [6.45, 7) is 5.34. The molecule has 0 unspecified atom stereocenters. The Bertz CT molecular complexity index is 597. The van der Waals surface area contributed by atoms with Crippen LogP contribution in [-0.2, 0) is 4.74 Å². The summed E-state index contributed by atoms with van der Waals surface area (Å²) in [5, 5.41) is 10.3. The molecule has 1 aromatic rings. The lowest BCUT2D eigenvalue weighted by molar-refractivity contribution is -0.0300. The Morgan fingerprint density at radius 1 is 1.26 bits per heavy atom. The average Bonchev–Trinajstić information content (AvgIpc) is 2.56. The third-order valence-corrected chi connectivity index (χ3v) is 4.56. The number of hydrogen-bond donors (Lipinski definition) is 1. The van der Waals surface area contributed by atoms with Crippen LogP contribution in [0, 0.1) is 0 Å². The van der Waals surface area contributed by atoms with Crippen LogP contribution in [-0.4, -0.2) is 41.1 Å². The van der Waals surface area contributed by atoms with E-state index >= 15 is 0 Å². The van der Waals surface area contributed by atoms with Gasteiger partial charge >= 0.3 is 5.97 Å². The number of ether oxygens (including phenoxy) is 1. The molecule has 6 heteroatoms. The second kappa shape index (κ2) is 7.93. The number of nitrogens with zero attached hydrogens (tertiary/aromatic N) is 1. The summed E-state index contributed by atoms with van der Waals surface area (Å²) in [4.78, 5) is 26.4. The van der Waals surface area contributed by atoms with Crippen LogP contribution in [0.25, 0.3) is 0 Å². The van der Waals surface area contributed by atoms with Gasteiger partial charge in [-0.15, -0.1) is 0 Å². The van der Waals surface area contributed by atoms with Crippen LogP contribution < -0.4 is 0 Å². The van der Waals surface area contributed by atoms with Gasteiger partial charge < -0.3 is 9.84 Å². The van der Waals surface area contributed by atoms with Crippen LogP contribution in [0.5, 0.6) is 5.75 Å². The summed E-state index contributed by atoms with van der Waals surface area (Å²) >= 11 is 3.27. The Balaban J connectivity index is 2.18. The molecule has 0 aliphatic carbocycles. The van der Waals surface area contributed by atoms with Crippen LogP contribution in [0.15, 0.2) is 16.6 Å². The van der Waals surface area contributed by atoms with E-state index in [0.29, 0.717) is 4.47 Å². The second-order valence-corrected chi connectivity index (χ2v) is 6.64. The van der Waals surface area contributed by atoms with Crippen molar-refractivity contribution >= 4 is 27.7 Å². The van der Waals surface area contributed by atoms with Crippen molar-refractivity contribution in [3.63, 3.8) is 0 Å². The number of phenols is 1. The molecule has 0 aromatic heterocycles. The molecule has 1 aliphatic heterocycles. The molecule has 0 spiro atoms. The number of rotatable bonds is 5. The van der Waals surface area contributed by atoms with E-state index in [2.05, 4.69) is 20.8 Å². The summed E-state index contributed by atoms with van der Waals surface area (Å²) in [6, 6.07) is 3.00. The SMILES string of the molecule is CCC(=O)c1cc(Br)cc(C(=O)O[C@@H](C)N2CCCCC2)c1O. The molecule has 23 heavy (non-hydrogen) atoms. The van der Waals surface area contributed by atoms with Gasteiger partial charge in [-0.2, -0.15) is 0 Å². The van der Waals surface area contributed by atoms with Crippen molar-refractivity contribution in [2.24, 2.45) is 0 Å². The molecule has 2 rings (SSSR count). The molecule has 1 saturated heterocycles. The van der Waals surface area contributed by atoms with Gasteiger partial charge in [0.25, 0.3) is 0 Å². The van der Waals surface area contributed by atoms with Gasteiger partial charge in [-0.1, -0.05) is 29.3 Å². The largest absolute Gasteiger partial charge is 0.506 e. The van der Waals surface area contributed by atoms with E-state index in [1.54, 1.807) is 6.92 Å². The van der Waals surface area contributed by atoms with E-state index in [-0.39, 0.29) is 35.3 Å². The van der Waals surface area contributed by atoms with Gasteiger partial charge in [0.1, 0.15) is 11.3 Å². The molecule has 1 heterocycles. The summed E-state index contributed by atoms with van der Waals surface area (Å²) in [5.41, 5.74) is 0.152. The number of carbonyl (C=O) groups excluding carboxylic acids is 2. The molecular weight excluding hydrogens is 362 g/mol. The normalized spacial score (nSPS) is 16.8. The number of carbonyl (C=O) groups is 2. The van der Waals surface area contributed by atoms with Crippen LogP contribution in [0.2, 0.25) is 0 Å². The van der Waals surface area contributed by atoms with E-state index in [9.17, 15) is 14.7 Å². The van der Waals surface area contributed by atoms with Crippen molar-refractivity contribution in [1.29, 1.82) is 0 Å². The fourth-order valence-corrected chi connectivity index (χ4v) is 3.19. The first-order valence-corrected chi connectivity index (χ1v) is 8.74. The van der Waals surface area contributed by atoms with Crippen LogP contribution in [0.3, 0.4) is 0 Å². The monoisotopic (exact) mass is 383 g/mol. The van der Waals surface area contributed by atoms with E-state index in [4.69, 9.17) is 4.74 Å². The van der Waals surface area contributed by atoms with Crippen molar-refractivity contribution in [2.45, 2.75) is 45.8 Å². The minimum atomic E-state index is -0.618. The third-order valence-electron chi connectivity index (χ3n) is 4.10. The number of benzene rings is 1. The standard InChI is InChI=1S/C17H22BrNO4/c1-3-15(20)13-9-12(18)10-14(16(13)21)17(22)23-11(2)19-7-5-4-6-8-19/h9-11,21H,3-8H2,1-2H3/t11-/m0/s1. The molecule has 0 amide bonds. The second-order valence-electron chi connectivity index (χ2n) is 5.73. The number of hydrogen-bond acceptors (Lipinski definition) is 5. The predicted octanol–water partition coefficient (Wildman–Crippen LogP) is 3.74. The van der Waals surface area contributed by atoms with Crippen molar-refractivity contribution < 1.29 is 19.4 Å². The first-order chi connectivity index (χ1) is 10.9. The highest BCUT2D eigenvalue weighted by Crippen LogP contribution is 2.29. The molecule has 1 N–H and O–H groups in total. The van der Waals surface area contributed by atoms with Crippen molar-refractivity contribution in [3.8, 4) is 5.75 Å². The van der Waals surface area contributed by atoms with Gasteiger partial charge in [-0.3, -0.25) is 9.69 Å². The number of halogens is 1. The number of phenolic OH excluding ortho intramolecular Hbond substituents is 1. The molecule has 0 bridgehead atoms. The maximum Gasteiger partial charge on any atom is 0.343 e. The van der Waals surface area contributed by atoms with E-state index in [1.165, 1.54) is 18.6 Å². The Labute approximate surface area is 144 Å². The van der Waals surface area contributed by atoms with Crippen molar-refractivity contribution in [2.75, 3.05) is 13.1 Å². The lowest BCUT2D eigenvalue weighted by Gasteiger charge is -2.31. The maximum atomic E-state index is 12.4. The molecule has 1 atom stereocenters. The molecule has 1 aliphatic rings. The maximum absolute atomic E-state index is 12.4. The summed E-state index contributed by atoms with van der Waals surface area (Å²) in [6.07, 6.45) is 3.29. The van der Waals surface area contributed by atoms with Crippen molar-refractivity contribution in [3.05, 3.63) is 27.7 Å². The Morgan fingerprint density at radius 2 is 1.87 bits per heavy atom. The van der Waals surface area contributed by atoms with E-state index in [1.807, 2.05) is 6.92 Å². The molecule has 1 fully saturated rings. The van der Waals surface area contributed by atoms with Crippen LogP contribution in [0.4, 0.5) is 0 Å². The van der Waals surface area contributed by atoms with Gasteiger partial charge in [0, 0.05) is 24.0 Å². The number of aromatic hydroxyl groups is 1. The van der Waals surface area contributed by atoms with E-state index < -0.39 is 5.97 Å². The average molecular weight is 384 g/mol. The van der Waals surface area contributed by atoms with Crippen molar-refractivity contribution in [1.82, 2.24) is 4.90 Å². The zero-order chi connectivity index (χ0) is 17.0. The van der Waals surface area contributed by atoms with Gasteiger partial charge in [-0.05, 0) is 31.9 Å². The Kier molecular flexibility index (Phi) is 6.18. The van der Waals surface area contributed by atoms with Gasteiger partial charge in [-0.25, -0.2) is 4.79 Å². The van der Waals surface area contributed by atoms with Crippen LogP contribution >= 0.6 is 15.9 Å². The smallest absolute Gasteiger partial charge is 0.343 e. The lowest BCUT2D eigenvalue weighted by atomic mass is 10.0.